The summed E-state index contributed by atoms with van der Waals surface area (Å²) in [5, 5.41) is 6.29. The Kier molecular flexibility index (Phi) is 4.13. The lowest BCUT2D eigenvalue weighted by atomic mass is 10.2. The highest BCUT2D eigenvalue weighted by molar-refractivity contribution is 9.08. The average Bonchev–Trinajstić information content (AvgIpc) is 2.75. The van der Waals surface area contributed by atoms with E-state index in [0.717, 1.165) is 17.4 Å². The van der Waals surface area contributed by atoms with Gasteiger partial charge in [-0.05, 0) is 24.6 Å². The minimum Gasteiger partial charge on any atom is -0.237 e. The van der Waals surface area contributed by atoms with Crippen molar-refractivity contribution >= 4 is 39.1 Å². The molecule has 2 aromatic rings. The first-order valence-electron chi connectivity index (χ1n) is 5.24. The van der Waals surface area contributed by atoms with Crippen LogP contribution in [0.5, 0.6) is 0 Å². The van der Waals surface area contributed by atoms with Gasteiger partial charge in [-0.2, -0.15) is 5.10 Å². The number of rotatable bonds is 3. The minimum atomic E-state index is 0.544. The van der Waals surface area contributed by atoms with Gasteiger partial charge in [0.1, 0.15) is 0 Å². The van der Waals surface area contributed by atoms with Gasteiger partial charge in [-0.25, -0.2) is 4.68 Å². The first-order chi connectivity index (χ1) is 8.17. The summed E-state index contributed by atoms with van der Waals surface area (Å²) in [5.74, 6) is 0. The second kappa shape index (κ2) is 5.42. The maximum Gasteiger partial charge on any atom is 0.0664 e. The Morgan fingerprint density at radius 2 is 2.06 bits per heavy atom. The van der Waals surface area contributed by atoms with Crippen LogP contribution in [0.4, 0.5) is 0 Å². The van der Waals surface area contributed by atoms with Gasteiger partial charge in [0.25, 0.3) is 0 Å². The SMILES string of the molecule is CCc1c(CBr)cnn1-c1ccc(Cl)c(Cl)c1. The molecule has 0 bridgehead atoms. The fraction of sp³-hybridized carbons (Fsp3) is 0.250. The van der Waals surface area contributed by atoms with Crippen molar-refractivity contribution in [1.29, 1.82) is 0 Å². The quantitative estimate of drug-likeness (QED) is 0.748. The van der Waals surface area contributed by atoms with Crippen LogP contribution < -0.4 is 0 Å². The van der Waals surface area contributed by atoms with E-state index < -0.39 is 0 Å². The molecule has 0 saturated carbocycles. The van der Waals surface area contributed by atoms with Gasteiger partial charge in [0, 0.05) is 16.6 Å². The molecular formula is C12H11BrCl2N2. The summed E-state index contributed by atoms with van der Waals surface area (Å²) in [7, 11) is 0. The smallest absolute Gasteiger partial charge is 0.0664 e. The molecule has 0 amide bonds. The highest BCUT2D eigenvalue weighted by Gasteiger charge is 2.10. The highest BCUT2D eigenvalue weighted by Crippen LogP contribution is 2.26. The van der Waals surface area contributed by atoms with E-state index in [1.54, 1.807) is 6.07 Å². The first kappa shape index (κ1) is 12.9. The Morgan fingerprint density at radius 3 is 2.65 bits per heavy atom. The zero-order valence-corrected chi connectivity index (χ0v) is 12.3. The molecule has 1 aromatic carbocycles. The van der Waals surface area contributed by atoms with Gasteiger partial charge >= 0.3 is 0 Å². The first-order valence-corrected chi connectivity index (χ1v) is 7.12. The Balaban J connectivity index is 2.52. The fourth-order valence-corrected chi connectivity index (χ4v) is 2.50. The van der Waals surface area contributed by atoms with Gasteiger partial charge < -0.3 is 0 Å². The summed E-state index contributed by atoms with van der Waals surface area (Å²) in [5.41, 5.74) is 3.31. The molecule has 0 aliphatic heterocycles. The van der Waals surface area contributed by atoms with Crippen LogP contribution in [-0.2, 0) is 11.8 Å². The summed E-state index contributed by atoms with van der Waals surface area (Å²) >= 11 is 15.4. The molecule has 0 aliphatic carbocycles. The van der Waals surface area contributed by atoms with Crippen LogP contribution in [0.15, 0.2) is 24.4 Å². The third-order valence-electron chi connectivity index (χ3n) is 2.58. The number of aromatic nitrogens is 2. The van der Waals surface area contributed by atoms with E-state index in [0.29, 0.717) is 10.0 Å². The number of alkyl halides is 1. The van der Waals surface area contributed by atoms with Crippen LogP contribution in [0, 0.1) is 0 Å². The van der Waals surface area contributed by atoms with Crippen molar-refractivity contribution in [2.45, 2.75) is 18.7 Å². The summed E-state index contributed by atoms with van der Waals surface area (Å²) in [6, 6.07) is 5.53. The normalized spacial score (nSPS) is 10.8. The van der Waals surface area contributed by atoms with Crippen LogP contribution >= 0.6 is 39.1 Å². The lowest BCUT2D eigenvalue weighted by Crippen LogP contribution is -2.02. The molecule has 0 unspecified atom stereocenters. The summed E-state index contributed by atoms with van der Waals surface area (Å²) in [4.78, 5) is 0. The predicted octanol–water partition coefficient (Wildman–Crippen LogP) is 4.64. The van der Waals surface area contributed by atoms with Gasteiger partial charge in [0.15, 0.2) is 0 Å². The second-order valence-corrected chi connectivity index (χ2v) is 4.99. The second-order valence-electron chi connectivity index (χ2n) is 3.61. The molecule has 17 heavy (non-hydrogen) atoms. The van der Waals surface area contributed by atoms with Crippen molar-refractivity contribution in [1.82, 2.24) is 9.78 Å². The molecule has 0 spiro atoms. The number of benzene rings is 1. The van der Waals surface area contributed by atoms with Crippen molar-refractivity contribution in [3.05, 3.63) is 45.7 Å². The molecular weight excluding hydrogens is 323 g/mol. The van der Waals surface area contributed by atoms with Crippen molar-refractivity contribution < 1.29 is 0 Å². The lowest BCUT2D eigenvalue weighted by Gasteiger charge is -2.08. The van der Waals surface area contributed by atoms with Crippen molar-refractivity contribution in [3.63, 3.8) is 0 Å². The van der Waals surface area contributed by atoms with Gasteiger partial charge in [-0.1, -0.05) is 46.1 Å². The topological polar surface area (TPSA) is 17.8 Å². The molecule has 0 atom stereocenters. The molecule has 5 heteroatoms. The molecule has 0 N–H and O–H groups in total. The molecule has 1 aromatic heterocycles. The Labute approximate surface area is 119 Å². The molecule has 2 nitrogen and oxygen atoms in total. The van der Waals surface area contributed by atoms with E-state index in [-0.39, 0.29) is 0 Å². The molecule has 0 fully saturated rings. The third kappa shape index (κ3) is 2.51. The largest absolute Gasteiger partial charge is 0.237 e. The van der Waals surface area contributed by atoms with Gasteiger partial charge in [-0.3, -0.25) is 0 Å². The Hall–Kier alpha value is -0.510. The van der Waals surface area contributed by atoms with Crippen molar-refractivity contribution in [2.75, 3.05) is 0 Å². The molecule has 0 aliphatic rings. The van der Waals surface area contributed by atoms with E-state index >= 15 is 0 Å². The lowest BCUT2D eigenvalue weighted by molar-refractivity contribution is 0.811. The maximum atomic E-state index is 6.02. The molecule has 90 valence electrons. The van der Waals surface area contributed by atoms with Crippen LogP contribution in [-0.4, -0.2) is 9.78 Å². The van der Waals surface area contributed by atoms with Gasteiger partial charge in [0.2, 0.25) is 0 Å². The van der Waals surface area contributed by atoms with Crippen LogP contribution in [0.2, 0.25) is 10.0 Å². The van der Waals surface area contributed by atoms with E-state index in [4.69, 9.17) is 23.2 Å². The van der Waals surface area contributed by atoms with Crippen LogP contribution in [0.25, 0.3) is 5.69 Å². The zero-order chi connectivity index (χ0) is 12.4. The summed E-state index contributed by atoms with van der Waals surface area (Å²) < 4.78 is 1.90. The average molecular weight is 334 g/mol. The van der Waals surface area contributed by atoms with E-state index in [2.05, 4.69) is 28.0 Å². The fourth-order valence-electron chi connectivity index (χ4n) is 1.74. The third-order valence-corrected chi connectivity index (χ3v) is 3.93. The Bertz CT molecular complexity index is 537. The number of hydrogen-bond donors (Lipinski definition) is 0. The molecule has 1 heterocycles. The summed E-state index contributed by atoms with van der Waals surface area (Å²) in [6.07, 6.45) is 2.79. The molecule has 0 radical (unpaired) electrons. The maximum absolute atomic E-state index is 6.02. The van der Waals surface area contributed by atoms with E-state index in [9.17, 15) is 0 Å². The van der Waals surface area contributed by atoms with Gasteiger partial charge in [-0.15, -0.1) is 0 Å². The van der Waals surface area contributed by atoms with Crippen LogP contribution in [0.3, 0.4) is 0 Å². The standard InChI is InChI=1S/C12H11BrCl2N2/c1-2-12-8(6-13)7-16-17(12)9-3-4-10(14)11(15)5-9/h3-5,7H,2,6H2,1H3. The molecule has 0 saturated heterocycles. The Morgan fingerprint density at radius 1 is 1.29 bits per heavy atom. The van der Waals surface area contributed by atoms with Crippen LogP contribution in [0.1, 0.15) is 18.2 Å². The molecule has 2 rings (SSSR count). The van der Waals surface area contributed by atoms with Crippen molar-refractivity contribution in [3.8, 4) is 5.69 Å². The zero-order valence-electron chi connectivity index (χ0n) is 9.25. The summed E-state index contributed by atoms with van der Waals surface area (Å²) in [6.45, 7) is 2.11. The van der Waals surface area contributed by atoms with Crippen molar-refractivity contribution in [2.24, 2.45) is 0 Å². The number of hydrogen-bond acceptors (Lipinski definition) is 1. The number of halogens is 3. The predicted molar refractivity (Wildman–Crippen MR) is 75.6 cm³/mol. The van der Waals surface area contributed by atoms with E-state index in [1.165, 1.54) is 11.3 Å². The number of nitrogens with zero attached hydrogens (tertiary/aromatic N) is 2. The monoisotopic (exact) mass is 332 g/mol. The minimum absolute atomic E-state index is 0.544. The van der Waals surface area contributed by atoms with E-state index in [1.807, 2.05) is 23.0 Å². The highest BCUT2D eigenvalue weighted by atomic mass is 79.9. The van der Waals surface area contributed by atoms with Gasteiger partial charge in [0.05, 0.1) is 21.9 Å².